The van der Waals surface area contributed by atoms with E-state index in [1.54, 1.807) is 32.0 Å². The standard InChI is InChI=1S/C24H23F2N3O5/c1-14(2)21(27-23(31)20-17(25)9-6-10-18(20)26)24(32)29-28-22(30)19-12-11-16(34-19)13-33-15-7-4-3-5-8-15/h3-12,14,21H,13H2,1-2H3,(H,27,31)(H,28,30)(H,29,32)/t21-/m0/s1. The molecule has 3 amide bonds. The van der Waals surface area contributed by atoms with Crippen LogP contribution in [0.4, 0.5) is 8.78 Å². The van der Waals surface area contributed by atoms with Crippen LogP contribution in [0.25, 0.3) is 0 Å². The van der Waals surface area contributed by atoms with Crippen LogP contribution in [0.2, 0.25) is 0 Å². The molecule has 2 aromatic carbocycles. The molecule has 1 heterocycles. The molecule has 0 saturated carbocycles. The first-order valence-corrected chi connectivity index (χ1v) is 10.4. The Morgan fingerprint density at radius 2 is 1.56 bits per heavy atom. The van der Waals surface area contributed by atoms with Crippen molar-refractivity contribution in [3.63, 3.8) is 0 Å². The van der Waals surface area contributed by atoms with Gasteiger partial charge in [-0.25, -0.2) is 8.78 Å². The molecular weight excluding hydrogens is 448 g/mol. The number of carbonyl (C=O) groups excluding carboxylic acids is 3. The summed E-state index contributed by atoms with van der Waals surface area (Å²) in [7, 11) is 0. The largest absolute Gasteiger partial charge is 0.486 e. The number of para-hydroxylation sites is 1. The molecule has 1 atom stereocenters. The number of benzene rings is 2. The minimum atomic E-state index is -1.18. The van der Waals surface area contributed by atoms with E-state index in [0.29, 0.717) is 11.5 Å². The Morgan fingerprint density at radius 3 is 2.21 bits per heavy atom. The Bertz CT molecular complexity index is 1140. The Hall–Kier alpha value is -4.21. The zero-order valence-corrected chi connectivity index (χ0v) is 18.4. The van der Waals surface area contributed by atoms with Crippen molar-refractivity contribution < 1.29 is 32.3 Å². The van der Waals surface area contributed by atoms with Crippen molar-refractivity contribution in [1.82, 2.24) is 16.2 Å². The molecule has 0 bridgehead atoms. The average molecular weight is 471 g/mol. The number of amides is 3. The highest BCUT2D eigenvalue weighted by molar-refractivity contribution is 5.99. The summed E-state index contributed by atoms with van der Waals surface area (Å²) in [5, 5.41) is 2.29. The highest BCUT2D eigenvalue weighted by Crippen LogP contribution is 2.15. The van der Waals surface area contributed by atoms with Crippen molar-refractivity contribution >= 4 is 17.7 Å². The molecule has 178 valence electrons. The van der Waals surface area contributed by atoms with Crippen LogP contribution in [0.5, 0.6) is 5.75 Å². The van der Waals surface area contributed by atoms with Crippen LogP contribution in [0, 0.1) is 17.6 Å². The van der Waals surface area contributed by atoms with E-state index in [2.05, 4.69) is 16.2 Å². The number of carbonyl (C=O) groups is 3. The molecule has 34 heavy (non-hydrogen) atoms. The van der Waals surface area contributed by atoms with E-state index in [1.165, 1.54) is 6.07 Å². The Kier molecular flexibility index (Phi) is 7.96. The average Bonchev–Trinajstić information content (AvgIpc) is 3.29. The predicted octanol–water partition coefficient (Wildman–Crippen LogP) is 3.35. The summed E-state index contributed by atoms with van der Waals surface area (Å²) in [6.45, 7) is 3.34. The third-order valence-corrected chi connectivity index (χ3v) is 4.73. The van der Waals surface area contributed by atoms with Crippen LogP contribution in [-0.2, 0) is 11.4 Å². The van der Waals surface area contributed by atoms with Gasteiger partial charge < -0.3 is 14.5 Å². The van der Waals surface area contributed by atoms with Gasteiger partial charge in [-0.05, 0) is 42.3 Å². The maximum absolute atomic E-state index is 13.9. The number of hydrogen-bond acceptors (Lipinski definition) is 5. The Morgan fingerprint density at radius 1 is 0.882 bits per heavy atom. The Labute approximate surface area is 194 Å². The zero-order valence-electron chi connectivity index (χ0n) is 18.4. The normalized spacial score (nSPS) is 11.6. The molecule has 3 N–H and O–H groups in total. The first-order valence-electron chi connectivity index (χ1n) is 10.4. The van der Waals surface area contributed by atoms with Gasteiger partial charge >= 0.3 is 5.91 Å². The van der Waals surface area contributed by atoms with Crippen LogP contribution < -0.4 is 20.9 Å². The number of rotatable bonds is 8. The second-order valence-corrected chi connectivity index (χ2v) is 7.60. The lowest BCUT2D eigenvalue weighted by Crippen LogP contribution is -2.54. The third kappa shape index (κ3) is 6.18. The van der Waals surface area contributed by atoms with Gasteiger partial charge in [0.1, 0.15) is 41.4 Å². The van der Waals surface area contributed by atoms with Crippen LogP contribution in [0.1, 0.15) is 40.5 Å². The van der Waals surface area contributed by atoms with Gasteiger partial charge in [-0.2, -0.15) is 0 Å². The summed E-state index contributed by atoms with van der Waals surface area (Å²) in [4.78, 5) is 37.2. The molecule has 0 aliphatic rings. The highest BCUT2D eigenvalue weighted by Gasteiger charge is 2.28. The Balaban J connectivity index is 1.56. The van der Waals surface area contributed by atoms with Gasteiger partial charge in [0.05, 0.1) is 0 Å². The second kappa shape index (κ2) is 11.1. The first kappa shape index (κ1) is 24.4. The van der Waals surface area contributed by atoms with E-state index in [4.69, 9.17) is 9.15 Å². The summed E-state index contributed by atoms with van der Waals surface area (Å²) in [6, 6.07) is 13.8. The van der Waals surface area contributed by atoms with Gasteiger partial charge in [0.25, 0.3) is 11.8 Å². The third-order valence-electron chi connectivity index (χ3n) is 4.73. The molecule has 8 nitrogen and oxygen atoms in total. The predicted molar refractivity (Wildman–Crippen MR) is 118 cm³/mol. The number of hydrazine groups is 1. The van der Waals surface area contributed by atoms with Gasteiger partial charge in [-0.3, -0.25) is 25.2 Å². The van der Waals surface area contributed by atoms with Crippen molar-refractivity contribution in [2.24, 2.45) is 5.92 Å². The van der Waals surface area contributed by atoms with Gasteiger partial charge in [0, 0.05) is 0 Å². The number of nitrogens with one attached hydrogen (secondary N) is 3. The van der Waals surface area contributed by atoms with Crippen molar-refractivity contribution in [2.45, 2.75) is 26.5 Å². The lowest BCUT2D eigenvalue weighted by molar-refractivity contribution is -0.124. The maximum Gasteiger partial charge on any atom is 0.305 e. The molecule has 1 aromatic heterocycles. The highest BCUT2D eigenvalue weighted by atomic mass is 19.1. The van der Waals surface area contributed by atoms with E-state index in [9.17, 15) is 23.2 Å². The van der Waals surface area contributed by atoms with Crippen molar-refractivity contribution in [3.8, 4) is 5.75 Å². The molecule has 3 rings (SSSR count). The fourth-order valence-corrected chi connectivity index (χ4v) is 2.97. The monoisotopic (exact) mass is 471 g/mol. The minimum absolute atomic E-state index is 0.0782. The smallest absolute Gasteiger partial charge is 0.305 e. The van der Waals surface area contributed by atoms with Crippen LogP contribution in [-0.4, -0.2) is 23.8 Å². The van der Waals surface area contributed by atoms with Crippen LogP contribution >= 0.6 is 0 Å². The molecule has 0 radical (unpaired) electrons. The van der Waals surface area contributed by atoms with Crippen LogP contribution in [0.3, 0.4) is 0 Å². The minimum Gasteiger partial charge on any atom is -0.486 e. The van der Waals surface area contributed by atoms with E-state index >= 15 is 0 Å². The first-order chi connectivity index (χ1) is 16.3. The van der Waals surface area contributed by atoms with Gasteiger partial charge in [-0.15, -0.1) is 0 Å². The van der Waals surface area contributed by atoms with Crippen molar-refractivity contribution in [3.05, 3.63) is 89.4 Å². The van der Waals surface area contributed by atoms with Crippen LogP contribution in [0.15, 0.2) is 65.1 Å². The quantitative estimate of drug-likeness (QED) is 0.437. The number of furan rings is 1. The summed E-state index contributed by atoms with van der Waals surface area (Å²) < 4.78 is 38.7. The molecular formula is C24H23F2N3O5. The SMILES string of the molecule is CC(C)[C@H](NC(=O)c1c(F)cccc1F)C(=O)NNC(=O)c1ccc(COc2ccccc2)o1. The number of hydrogen-bond donors (Lipinski definition) is 3. The number of halogens is 2. The van der Waals surface area contributed by atoms with E-state index in [-0.39, 0.29) is 12.4 Å². The molecule has 0 saturated heterocycles. The number of ether oxygens (including phenoxy) is 1. The molecule has 0 fully saturated rings. The summed E-state index contributed by atoms with van der Waals surface area (Å²) >= 11 is 0. The summed E-state index contributed by atoms with van der Waals surface area (Å²) in [6.07, 6.45) is 0. The van der Waals surface area contributed by atoms with Gasteiger partial charge in [0.15, 0.2) is 5.76 Å². The van der Waals surface area contributed by atoms with E-state index < -0.39 is 46.9 Å². The van der Waals surface area contributed by atoms with E-state index in [1.807, 2.05) is 18.2 Å². The van der Waals surface area contributed by atoms with Gasteiger partial charge in [-0.1, -0.05) is 38.1 Å². The van der Waals surface area contributed by atoms with E-state index in [0.717, 1.165) is 18.2 Å². The maximum atomic E-state index is 13.9. The topological polar surface area (TPSA) is 110 Å². The summed E-state index contributed by atoms with van der Waals surface area (Å²) in [5.41, 5.74) is 3.57. The van der Waals surface area contributed by atoms with Crippen molar-refractivity contribution in [2.75, 3.05) is 0 Å². The molecule has 0 aliphatic carbocycles. The molecule has 10 heteroatoms. The molecule has 3 aromatic rings. The lowest BCUT2D eigenvalue weighted by Gasteiger charge is -2.22. The van der Waals surface area contributed by atoms with Crippen molar-refractivity contribution in [1.29, 1.82) is 0 Å². The zero-order chi connectivity index (χ0) is 24.7. The molecule has 0 spiro atoms. The van der Waals surface area contributed by atoms with Gasteiger partial charge in [0.2, 0.25) is 0 Å². The molecule has 0 unspecified atom stereocenters. The lowest BCUT2D eigenvalue weighted by atomic mass is 10.0. The fourth-order valence-electron chi connectivity index (χ4n) is 2.97. The fraction of sp³-hybridized carbons (Fsp3) is 0.208. The summed E-state index contributed by atoms with van der Waals surface area (Å²) in [5.74, 6) is -4.25. The second-order valence-electron chi connectivity index (χ2n) is 7.60. The molecule has 0 aliphatic heterocycles.